The molecule has 1 fully saturated rings. The normalized spacial score (nSPS) is 27.3. The molecule has 4 N–H and O–H groups in total. The molecule has 12 heavy (non-hydrogen) atoms. The number of hydrogen-bond donors (Lipinski definition) is 3. The first kappa shape index (κ1) is 9.48. The lowest BCUT2D eigenvalue weighted by molar-refractivity contribution is 0.174. The summed E-state index contributed by atoms with van der Waals surface area (Å²) in [6.07, 6.45) is 0.675. The smallest absolute Gasteiger partial charge is 0.0947 e. The van der Waals surface area contributed by atoms with Crippen molar-refractivity contribution in [1.82, 2.24) is 4.90 Å². The van der Waals surface area contributed by atoms with E-state index in [9.17, 15) is 5.11 Å². The second kappa shape index (κ2) is 3.87. The molecule has 0 aromatic rings. The number of nitrogens with one attached hydrogen (secondary N) is 1. The molecule has 2 unspecified atom stereocenters. The Kier molecular flexibility index (Phi) is 3.05. The first-order valence-electron chi connectivity index (χ1n) is 4.34. The molecule has 0 aromatic carbocycles. The van der Waals surface area contributed by atoms with E-state index in [1.54, 1.807) is 0 Å². The fourth-order valence-corrected chi connectivity index (χ4v) is 1.46. The molecule has 0 bridgehead atoms. The number of nitrogens with zero attached hydrogens (tertiary/aromatic N) is 1. The summed E-state index contributed by atoms with van der Waals surface area (Å²) in [5.74, 6) is 0.340. The first-order chi connectivity index (χ1) is 5.59. The van der Waals surface area contributed by atoms with Crippen molar-refractivity contribution in [1.29, 1.82) is 5.41 Å². The first-order valence-corrected chi connectivity index (χ1v) is 4.34. The van der Waals surface area contributed by atoms with Crippen molar-refractivity contribution in [3.05, 3.63) is 0 Å². The molecule has 0 aliphatic carbocycles. The minimum atomic E-state index is -0.177. The van der Waals surface area contributed by atoms with Crippen LogP contribution < -0.4 is 5.73 Å². The van der Waals surface area contributed by atoms with Gasteiger partial charge in [-0.15, -0.1) is 0 Å². The largest absolute Gasteiger partial charge is 0.392 e. The third-order valence-electron chi connectivity index (χ3n) is 2.31. The second-order valence-corrected chi connectivity index (χ2v) is 3.56. The van der Waals surface area contributed by atoms with Crippen LogP contribution >= 0.6 is 0 Å². The van der Waals surface area contributed by atoms with Gasteiger partial charge in [-0.1, -0.05) is 6.92 Å². The van der Waals surface area contributed by atoms with Crippen molar-refractivity contribution in [2.24, 2.45) is 11.7 Å². The van der Waals surface area contributed by atoms with Gasteiger partial charge in [0.1, 0.15) is 0 Å². The molecule has 70 valence electrons. The maximum Gasteiger partial charge on any atom is 0.0947 e. The number of aliphatic hydroxyl groups is 1. The van der Waals surface area contributed by atoms with Gasteiger partial charge in [0.15, 0.2) is 0 Å². The van der Waals surface area contributed by atoms with Crippen LogP contribution in [-0.2, 0) is 0 Å². The fraction of sp³-hybridized carbons (Fsp3) is 0.875. The van der Waals surface area contributed by atoms with Gasteiger partial charge in [0.2, 0.25) is 0 Å². The molecule has 0 spiro atoms. The molecule has 0 amide bonds. The van der Waals surface area contributed by atoms with Crippen LogP contribution in [0.5, 0.6) is 0 Å². The minimum absolute atomic E-state index is 0.107. The molecular weight excluding hydrogens is 154 g/mol. The van der Waals surface area contributed by atoms with Crippen molar-refractivity contribution in [3.63, 3.8) is 0 Å². The van der Waals surface area contributed by atoms with Gasteiger partial charge in [0.05, 0.1) is 11.9 Å². The Morgan fingerprint density at radius 1 is 1.83 bits per heavy atom. The van der Waals surface area contributed by atoms with E-state index in [0.29, 0.717) is 0 Å². The van der Waals surface area contributed by atoms with E-state index in [1.807, 2.05) is 6.92 Å². The van der Waals surface area contributed by atoms with E-state index >= 15 is 0 Å². The minimum Gasteiger partial charge on any atom is -0.392 e. The van der Waals surface area contributed by atoms with Gasteiger partial charge in [-0.05, 0) is 6.42 Å². The van der Waals surface area contributed by atoms with Crippen LogP contribution in [0.3, 0.4) is 0 Å². The summed E-state index contributed by atoms with van der Waals surface area (Å²) in [5, 5.41) is 16.4. The average molecular weight is 171 g/mol. The number of rotatable bonds is 3. The highest BCUT2D eigenvalue weighted by molar-refractivity contribution is 5.79. The predicted octanol–water partition coefficient (Wildman–Crippen LogP) is -0.375. The highest BCUT2D eigenvalue weighted by Crippen LogP contribution is 2.10. The Morgan fingerprint density at radius 3 is 2.92 bits per heavy atom. The summed E-state index contributed by atoms with van der Waals surface area (Å²) in [6.45, 7) is 4.40. The SMILES string of the molecule is CC(CN1CCC(O)C1)C(=N)N. The van der Waals surface area contributed by atoms with Crippen LogP contribution in [0.2, 0.25) is 0 Å². The Labute approximate surface area is 72.9 Å². The van der Waals surface area contributed by atoms with E-state index in [4.69, 9.17) is 11.1 Å². The molecule has 4 nitrogen and oxygen atoms in total. The average Bonchev–Trinajstić information content (AvgIpc) is 2.35. The monoisotopic (exact) mass is 171 g/mol. The molecular formula is C8H17N3O. The quantitative estimate of drug-likeness (QED) is 0.400. The van der Waals surface area contributed by atoms with Gasteiger partial charge in [-0.3, -0.25) is 10.3 Å². The standard InChI is InChI=1S/C8H17N3O/c1-6(8(9)10)4-11-3-2-7(12)5-11/h6-7,12H,2-5H2,1H3,(H3,9,10). The highest BCUT2D eigenvalue weighted by atomic mass is 16.3. The van der Waals surface area contributed by atoms with Crippen LogP contribution in [0, 0.1) is 11.3 Å². The van der Waals surface area contributed by atoms with Crippen LogP contribution in [0.4, 0.5) is 0 Å². The zero-order valence-corrected chi connectivity index (χ0v) is 7.45. The number of nitrogens with two attached hydrogens (primary N) is 1. The van der Waals surface area contributed by atoms with Crippen molar-refractivity contribution in [2.75, 3.05) is 19.6 Å². The lowest BCUT2D eigenvalue weighted by Crippen LogP contribution is -2.33. The highest BCUT2D eigenvalue weighted by Gasteiger charge is 2.21. The van der Waals surface area contributed by atoms with Crippen molar-refractivity contribution in [3.8, 4) is 0 Å². The molecule has 1 aliphatic heterocycles. The molecule has 1 saturated heterocycles. The van der Waals surface area contributed by atoms with Crippen LogP contribution in [0.15, 0.2) is 0 Å². The van der Waals surface area contributed by atoms with E-state index in [0.717, 1.165) is 26.1 Å². The fourth-order valence-electron chi connectivity index (χ4n) is 1.46. The molecule has 1 rings (SSSR count). The summed E-state index contributed by atoms with van der Waals surface area (Å²) < 4.78 is 0. The third-order valence-corrected chi connectivity index (χ3v) is 2.31. The third kappa shape index (κ3) is 2.46. The molecule has 1 heterocycles. The van der Waals surface area contributed by atoms with E-state index in [2.05, 4.69) is 4.90 Å². The lowest BCUT2D eigenvalue weighted by atomic mass is 10.1. The Bertz CT molecular complexity index is 172. The second-order valence-electron chi connectivity index (χ2n) is 3.56. The molecule has 1 aliphatic rings. The molecule has 2 atom stereocenters. The molecule has 0 saturated carbocycles. The summed E-state index contributed by atoms with van der Waals surface area (Å²) in [7, 11) is 0. The Hall–Kier alpha value is -0.610. The molecule has 4 heteroatoms. The van der Waals surface area contributed by atoms with Gasteiger partial charge in [0.25, 0.3) is 0 Å². The van der Waals surface area contributed by atoms with Gasteiger partial charge in [-0.2, -0.15) is 0 Å². The Balaban J connectivity index is 2.27. The number of hydrogen-bond acceptors (Lipinski definition) is 3. The van der Waals surface area contributed by atoms with Crippen molar-refractivity contribution < 1.29 is 5.11 Å². The number of β-amino-alcohol motifs (C(OH)–C–C–N with tert-alkyl or cyclic N) is 1. The van der Waals surface area contributed by atoms with Crippen LogP contribution in [0.1, 0.15) is 13.3 Å². The maximum atomic E-state index is 9.22. The zero-order valence-electron chi connectivity index (χ0n) is 7.45. The van der Waals surface area contributed by atoms with Gasteiger partial charge in [-0.25, -0.2) is 0 Å². The number of likely N-dealkylation sites (tertiary alicyclic amines) is 1. The zero-order chi connectivity index (χ0) is 9.14. The van der Waals surface area contributed by atoms with Gasteiger partial charge >= 0.3 is 0 Å². The predicted molar refractivity (Wildman–Crippen MR) is 48.1 cm³/mol. The summed E-state index contributed by atoms with van der Waals surface area (Å²) >= 11 is 0. The Morgan fingerprint density at radius 2 is 2.50 bits per heavy atom. The number of amidine groups is 1. The van der Waals surface area contributed by atoms with Gasteiger partial charge < -0.3 is 10.8 Å². The molecule has 0 aromatic heterocycles. The maximum absolute atomic E-state index is 9.22. The molecule has 0 radical (unpaired) electrons. The van der Waals surface area contributed by atoms with Crippen LogP contribution in [0.25, 0.3) is 0 Å². The number of aliphatic hydroxyl groups excluding tert-OH is 1. The van der Waals surface area contributed by atoms with E-state index in [-0.39, 0.29) is 17.9 Å². The lowest BCUT2D eigenvalue weighted by Gasteiger charge is -2.18. The topological polar surface area (TPSA) is 73.3 Å². The van der Waals surface area contributed by atoms with Crippen molar-refractivity contribution >= 4 is 5.84 Å². The summed E-state index contributed by atoms with van der Waals surface area (Å²) in [6, 6.07) is 0. The van der Waals surface area contributed by atoms with E-state index < -0.39 is 0 Å². The van der Waals surface area contributed by atoms with Crippen LogP contribution in [-0.4, -0.2) is 41.6 Å². The van der Waals surface area contributed by atoms with Crippen molar-refractivity contribution in [2.45, 2.75) is 19.4 Å². The summed E-state index contributed by atoms with van der Waals surface area (Å²) in [5.41, 5.74) is 5.34. The van der Waals surface area contributed by atoms with Gasteiger partial charge in [0, 0.05) is 25.6 Å². The van der Waals surface area contributed by atoms with E-state index in [1.165, 1.54) is 0 Å². The summed E-state index contributed by atoms with van der Waals surface area (Å²) in [4.78, 5) is 2.15.